The van der Waals surface area contributed by atoms with Crippen molar-refractivity contribution in [3.8, 4) is 11.5 Å². The molecule has 1 amide bonds. The molecule has 0 bridgehead atoms. The molecule has 2 aromatic carbocycles. The van der Waals surface area contributed by atoms with Crippen LogP contribution in [0, 0.1) is 10.1 Å². The summed E-state index contributed by atoms with van der Waals surface area (Å²) in [6.45, 7) is 0.609. The van der Waals surface area contributed by atoms with E-state index < -0.39 is 17.5 Å². The predicted octanol–water partition coefficient (Wildman–Crippen LogP) is 3.41. The number of rotatable bonds is 4. The van der Waals surface area contributed by atoms with E-state index in [2.05, 4.69) is 5.32 Å². The number of halogens is 1. The minimum absolute atomic E-state index is 0.192. The standard InChI is InChI=1S/C22H22ClN3O5/c1-30-17-10-12(14(23)11-18(17)31-2)19-16-8-5-9-25(16)22(20(19)26(28)29)13-6-3-4-7-15(13)24-21(22)27/h3-4,6-7,10-11,16,19-20H,5,8-9H2,1-2H3,(H,24,27)/t16-,19+,20-,22+/m0/s1. The number of carbonyl (C=O) groups excluding carboxylic acids is 1. The zero-order valence-corrected chi connectivity index (χ0v) is 17.9. The van der Waals surface area contributed by atoms with Crippen molar-refractivity contribution < 1.29 is 19.2 Å². The number of hydrogen-bond donors (Lipinski definition) is 1. The van der Waals surface area contributed by atoms with Crippen molar-refractivity contribution in [1.29, 1.82) is 0 Å². The van der Waals surface area contributed by atoms with Gasteiger partial charge in [0.25, 0.3) is 11.9 Å². The first-order valence-electron chi connectivity index (χ1n) is 10.2. The normalized spacial score (nSPS) is 29.0. The Kier molecular flexibility index (Phi) is 4.60. The number of para-hydroxylation sites is 1. The average Bonchev–Trinajstić information content (AvgIpc) is 3.41. The van der Waals surface area contributed by atoms with Crippen molar-refractivity contribution in [1.82, 2.24) is 4.90 Å². The molecule has 162 valence electrons. The molecule has 4 atom stereocenters. The fourth-order valence-corrected chi connectivity index (χ4v) is 6.15. The number of hydrogen-bond acceptors (Lipinski definition) is 6. The quantitative estimate of drug-likeness (QED) is 0.575. The molecule has 2 saturated heterocycles. The maximum absolute atomic E-state index is 13.5. The Bertz CT molecular complexity index is 1090. The average molecular weight is 444 g/mol. The van der Waals surface area contributed by atoms with Gasteiger partial charge >= 0.3 is 0 Å². The molecule has 9 heteroatoms. The van der Waals surface area contributed by atoms with Gasteiger partial charge in [-0.15, -0.1) is 0 Å². The van der Waals surface area contributed by atoms with E-state index in [1.807, 2.05) is 23.1 Å². The number of nitrogens with one attached hydrogen (secondary N) is 1. The zero-order valence-electron chi connectivity index (χ0n) is 17.1. The van der Waals surface area contributed by atoms with Crippen LogP contribution in [-0.2, 0) is 10.3 Å². The number of fused-ring (bicyclic) bond motifs is 4. The van der Waals surface area contributed by atoms with Crippen LogP contribution in [0.3, 0.4) is 0 Å². The van der Waals surface area contributed by atoms with Crippen molar-refractivity contribution >= 4 is 23.2 Å². The van der Waals surface area contributed by atoms with Gasteiger partial charge in [0.15, 0.2) is 17.0 Å². The molecule has 8 nitrogen and oxygen atoms in total. The van der Waals surface area contributed by atoms with E-state index in [0.29, 0.717) is 39.9 Å². The second kappa shape index (κ2) is 7.10. The largest absolute Gasteiger partial charge is 0.493 e. The monoisotopic (exact) mass is 443 g/mol. The lowest BCUT2D eigenvalue weighted by Crippen LogP contribution is -2.55. The summed E-state index contributed by atoms with van der Waals surface area (Å²) in [4.78, 5) is 27.8. The lowest BCUT2D eigenvalue weighted by Gasteiger charge is -2.32. The van der Waals surface area contributed by atoms with Crippen LogP contribution in [0.1, 0.15) is 29.9 Å². The van der Waals surface area contributed by atoms with E-state index in [4.69, 9.17) is 21.1 Å². The number of carbonyl (C=O) groups is 1. The van der Waals surface area contributed by atoms with Gasteiger partial charge in [-0.1, -0.05) is 29.8 Å². The Balaban J connectivity index is 1.76. The fraction of sp³-hybridized carbons (Fsp3) is 0.409. The van der Waals surface area contributed by atoms with Crippen molar-refractivity contribution in [2.75, 3.05) is 26.1 Å². The van der Waals surface area contributed by atoms with Crippen LogP contribution >= 0.6 is 11.6 Å². The van der Waals surface area contributed by atoms with E-state index in [-0.39, 0.29) is 16.9 Å². The molecule has 0 aliphatic carbocycles. The number of amides is 1. The summed E-state index contributed by atoms with van der Waals surface area (Å²) in [5, 5.41) is 15.9. The number of ether oxygens (including phenoxy) is 2. The Morgan fingerprint density at radius 3 is 2.65 bits per heavy atom. The second-order valence-corrected chi connectivity index (χ2v) is 8.56. The molecule has 3 aliphatic heterocycles. The Labute approximate surface area is 184 Å². The van der Waals surface area contributed by atoms with Crippen LogP contribution < -0.4 is 14.8 Å². The number of nitrogens with zero attached hydrogens (tertiary/aromatic N) is 2. The first kappa shape index (κ1) is 20.1. The molecular formula is C22H22ClN3O5. The maximum atomic E-state index is 13.5. The molecule has 0 aromatic heterocycles. The molecule has 5 rings (SSSR count). The number of anilines is 1. The van der Waals surface area contributed by atoms with E-state index in [9.17, 15) is 14.9 Å². The molecule has 3 aliphatic rings. The summed E-state index contributed by atoms with van der Waals surface area (Å²) in [7, 11) is 3.02. The molecule has 31 heavy (non-hydrogen) atoms. The number of nitro groups is 1. The van der Waals surface area contributed by atoms with Gasteiger partial charge in [-0.05, 0) is 30.5 Å². The highest BCUT2D eigenvalue weighted by Crippen LogP contribution is 2.59. The zero-order chi connectivity index (χ0) is 21.9. The molecule has 1 N–H and O–H groups in total. The Morgan fingerprint density at radius 1 is 1.23 bits per heavy atom. The van der Waals surface area contributed by atoms with Gasteiger partial charge in [-0.25, -0.2) is 0 Å². The lowest BCUT2D eigenvalue weighted by molar-refractivity contribution is -0.534. The summed E-state index contributed by atoms with van der Waals surface area (Å²) in [5.41, 5.74) is 0.520. The number of benzene rings is 2. The number of methoxy groups -OCH3 is 2. The van der Waals surface area contributed by atoms with Crippen LogP contribution in [0.5, 0.6) is 11.5 Å². The first-order chi connectivity index (χ1) is 14.9. The Hall–Kier alpha value is -2.84. The van der Waals surface area contributed by atoms with E-state index in [1.54, 1.807) is 18.2 Å². The summed E-state index contributed by atoms with van der Waals surface area (Å²) >= 11 is 6.63. The lowest BCUT2D eigenvalue weighted by atomic mass is 9.77. The third-order valence-electron chi connectivity index (χ3n) is 6.96. The molecule has 1 spiro atoms. The predicted molar refractivity (Wildman–Crippen MR) is 115 cm³/mol. The van der Waals surface area contributed by atoms with Crippen LogP contribution in [0.15, 0.2) is 36.4 Å². The summed E-state index contributed by atoms with van der Waals surface area (Å²) in [6.07, 6.45) is 1.60. The third-order valence-corrected chi connectivity index (χ3v) is 7.28. The molecule has 0 unspecified atom stereocenters. The van der Waals surface area contributed by atoms with Gasteiger partial charge < -0.3 is 14.8 Å². The summed E-state index contributed by atoms with van der Waals surface area (Å²) in [6, 6.07) is 9.20. The van der Waals surface area contributed by atoms with Gasteiger partial charge in [0.05, 0.1) is 20.1 Å². The summed E-state index contributed by atoms with van der Waals surface area (Å²) in [5.74, 6) is -0.0253. The fourth-order valence-electron chi connectivity index (χ4n) is 5.87. The molecule has 0 radical (unpaired) electrons. The van der Waals surface area contributed by atoms with Crippen molar-refractivity contribution in [3.63, 3.8) is 0 Å². The minimum atomic E-state index is -1.37. The minimum Gasteiger partial charge on any atom is -0.493 e. The molecule has 2 aromatic rings. The van der Waals surface area contributed by atoms with E-state index in [1.165, 1.54) is 14.2 Å². The van der Waals surface area contributed by atoms with Gasteiger partial charge in [0, 0.05) is 39.8 Å². The van der Waals surface area contributed by atoms with Crippen LogP contribution in [-0.4, -0.2) is 48.6 Å². The highest BCUT2D eigenvalue weighted by atomic mass is 35.5. The van der Waals surface area contributed by atoms with Crippen molar-refractivity contribution in [3.05, 3.63) is 62.7 Å². The highest BCUT2D eigenvalue weighted by molar-refractivity contribution is 6.31. The maximum Gasteiger partial charge on any atom is 0.256 e. The molecule has 2 fully saturated rings. The molecule has 0 saturated carbocycles. The molecular weight excluding hydrogens is 422 g/mol. The smallest absolute Gasteiger partial charge is 0.256 e. The van der Waals surface area contributed by atoms with Gasteiger partial charge in [0.2, 0.25) is 0 Å². The van der Waals surface area contributed by atoms with E-state index >= 15 is 0 Å². The van der Waals surface area contributed by atoms with Crippen LogP contribution in [0.4, 0.5) is 5.69 Å². The first-order valence-corrected chi connectivity index (χ1v) is 10.6. The SMILES string of the molecule is COc1cc(Cl)c([C@H]2[C@H]([N+](=O)[O-])[C@]3(C(=O)Nc4ccccc43)N3CCC[C@@H]23)cc1OC. The topological polar surface area (TPSA) is 93.9 Å². The second-order valence-electron chi connectivity index (χ2n) is 8.15. The van der Waals surface area contributed by atoms with Crippen molar-refractivity contribution in [2.24, 2.45) is 0 Å². The van der Waals surface area contributed by atoms with E-state index in [0.717, 1.165) is 12.8 Å². The van der Waals surface area contributed by atoms with Gasteiger partial charge in [-0.3, -0.25) is 19.8 Å². The Morgan fingerprint density at radius 2 is 1.94 bits per heavy atom. The van der Waals surface area contributed by atoms with Gasteiger partial charge in [-0.2, -0.15) is 0 Å². The van der Waals surface area contributed by atoms with Gasteiger partial charge in [0.1, 0.15) is 0 Å². The van der Waals surface area contributed by atoms with Crippen molar-refractivity contribution in [2.45, 2.75) is 36.4 Å². The molecule has 3 heterocycles. The van der Waals surface area contributed by atoms with Crippen LogP contribution in [0.25, 0.3) is 0 Å². The third kappa shape index (κ3) is 2.55. The highest BCUT2D eigenvalue weighted by Gasteiger charge is 2.73. The van der Waals surface area contributed by atoms with Crippen LogP contribution in [0.2, 0.25) is 5.02 Å². The summed E-state index contributed by atoms with van der Waals surface area (Å²) < 4.78 is 10.8.